The molecule has 0 fully saturated rings. The molecule has 0 spiro atoms. The molecule has 0 aromatic heterocycles. The molecule has 4 unspecified atom stereocenters. The quantitative estimate of drug-likeness (QED) is 0.598. The van der Waals surface area contributed by atoms with Crippen LogP contribution in [-0.4, -0.2) is 17.9 Å². The molecule has 1 N–H and O–H groups in total. The average Bonchev–Trinajstić information content (AvgIpc) is 2.25. The molecule has 4 atom stereocenters. The van der Waals surface area contributed by atoms with Crippen molar-refractivity contribution >= 4 is 6.16 Å². The normalized spacial score (nSPS) is 30.6. The van der Waals surface area contributed by atoms with Gasteiger partial charge >= 0.3 is 6.16 Å². The number of rotatable bonds is 4. The molecule has 0 heterocycles. The van der Waals surface area contributed by atoms with Crippen molar-refractivity contribution in [2.24, 2.45) is 23.7 Å². The number of hydrogen-bond donors (Lipinski definition) is 1. The molecule has 0 saturated carbocycles. The van der Waals surface area contributed by atoms with Crippen molar-refractivity contribution in [1.29, 1.82) is 0 Å². The van der Waals surface area contributed by atoms with Gasteiger partial charge in [-0.2, -0.15) is 0 Å². The van der Waals surface area contributed by atoms with E-state index in [1.54, 1.807) is 0 Å². The van der Waals surface area contributed by atoms with E-state index in [0.29, 0.717) is 30.3 Å². The minimum Gasteiger partial charge on any atom is -0.450 e. The van der Waals surface area contributed by atoms with Crippen LogP contribution in [0, 0.1) is 23.7 Å². The minimum absolute atomic E-state index is 0.317. The van der Waals surface area contributed by atoms with Crippen LogP contribution in [0.3, 0.4) is 0 Å². The van der Waals surface area contributed by atoms with Crippen LogP contribution in [0.25, 0.3) is 0 Å². The largest absolute Gasteiger partial charge is 0.505 e. The average molecular weight is 240 g/mol. The molecule has 1 rings (SSSR count). The number of carboxylic acid groups (broad SMARTS) is 1. The molecule has 0 amide bonds. The third-order valence-electron chi connectivity index (χ3n) is 4.15. The maximum absolute atomic E-state index is 10.5. The predicted octanol–water partition coefficient (Wildman–Crippen LogP) is 3.95. The van der Waals surface area contributed by atoms with Crippen molar-refractivity contribution in [1.82, 2.24) is 0 Å². The van der Waals surface area contributed by atoms with E-state index in [4.69, 9.17) is 9.84 Å². The lowest BCUT2D eigenvalue weighted by Gasteiger charge is -2.35. The van der Waals surface area contributed by atoms with Crippen LogP contribution < -0.4 is 0 Å². The highest BCUT2D eigenvalue weighted by Gasteiger charge is 2.29. The molecular weight excluding hydrogens is 216 g/mol. The predicted molar refractivity (Wildman–Crippen MR) is 67.9 cm³/mol. The van der Waals surface area contributed by atoms with E-state index >= 15 is 0 Å². The van der Waals surface area contributed by atoms with Gasteiger partial charge in [0.15, 0.2) is 0 Å². The summed E-state index contributed by atoms with van der Waals surface area (Å²) >= 11 is 0. The second-order valence-electron chi connectivity index (χ2n) is 5.33. The zero-order valence-corrected chi connectivity index (χ0v) is 11.3. The van der Waals surface area contributed by atoms with Gasteiger partial charge in [0, 0.05) is 0 Å². The molecule has 0 bridgehead atoms. The van der Waals surface area contributed by atoms with Gasteiger partial charge in [-0.1, -0.05) is 32.4 Å². The maximum atomic E-state index is 10.5. The van der Waals surface area contributed by atoms with Crippen molar-refractivity contribution in [3.63, 3.8) is 0 Å². The van der Waals surface area contributed by atoms with Gasteiger partial charge in [-0.3, -0.25) is 0 Å². The first kappa shape index (κ1) is 14.1. The van der Waals surface area contributed by atoms with Gasteiger partial charge in [-0.25, -0.2) is 4.79 Å². The van der Waals surface area contributed by atoms with Gasteiger partial charge in [0.2, 0.25) is 0 Å². The second kappa shape index (κ2) is 6.08. The summed E-state index contributed by atoms with van der Waals surface area (Å²) in [4.78, 5) is 10.5. The fourth-order valence-electron chi connectivity index (χ4n) is 2.76. The Labute approximate surface area is 104 Å². The van der Waals surface area contributed by atoms with Gasteiger partial charge < -0.3 is 9.84 Å². The van der Waals surface area contributed by atoms with E-state index in [0.717, 1.165) is 12.8 Å². The standard InChI is InChI=1S/C14H24O3/c1-5-12(8-17-14(15)16)13-7-10(3)9(2)6-11(13)4/h6,9-10,12-13H,5,7-8H2,1-4H3,(H,15,16). The van der Waals surface area contributed by atoms with E-state index < -0.39 is 6.16 Å². The monoisotopic (exact) mass is 240 g/mol. The molecule has 98 valence electrons. The number of hydrogen-bond acceptors (Lipinski definition) is 2. The third kappa shape index (κ3) is 3.76. The lowest BCUT2D eigenvalue weighted by atomic mass is 9.71. The molecular formula is C14H24O3. The summed E-state index contributed by atoms with van der Waals surface area (Å²) in [6.45, 7) is 9.11. The first-order valence-corrected chi connectivity index (χ1v) is 6.49. The second-order valence-corrected chi connectivity index (χ2v) is 5.33. The van der Waals surface area contributed by atoms with Gasteiger partial charge in [-0.15, -0.1) is 0 Å². The lowest BCUT2D eigenvalue weighted by molar-refractivity contribution is 0.0638. The van der Waals surface area contributed by atoms with Crippen molar-refractivity contribution in [2.75, 3.05) is 6.61 Å². The zero-order chi connectivity index (χ0) is 13.0. The Hall–Kier alpha value is -0.990. The lowest BCUT2D eigenvalue weighted by Crippen LogP contribution is -2.28. The van der Waals surface area contributed by atoms with E-state index in [2.05, 4.69) is 33.8 Å². The van der Waals surface area contributed by atoms with Crippen LogP contribution in [0.1, 0.15) is 40.5 Å². The van der Waals surface area contributed by atoms with Gasteiger partial charge in [0.25, 0.3) is 0 Å². The van der Waals surface area contributed by atoms with E-state index in [-0.39, 0.29) is 0 Å². The minimum atomic E-state index is -1.16. The van der Waals surface area contributed by atoms with E-state index in [1.165, 1.54) is 5.57 Å². The van der Waals surface area contributed by atoms with Crippen LogP contribution in [0.4, 0.5) is 4.79 Å². The summed E-state index contributed by atoms with van der Waals surface area (Å²) < 4.78 is 4.75. The summed E-state index contributed by atoms with van der Waals surface area (Å²) in [6.07, 6.45) is 3.28. The Balaban J connectivity index is 2.68. The number of ether oxygens (including phenoxy) is 1. The number of carbonyl (C=O) groups is 1. The summed E-state index contributed by atoms with van der Waals surface area (Å²) in [6, 6.07) is 0. The van der Waals surface area contributed by atoms with Crippen LogP contribution in [-0.2, 0) is 4.74 Å². The van der Waals surface area contributed by atoms with Crippen LogP contribution in [0.15, 0.2) is 11.6 Å². The molecule has 0 saturated heterocycles. The zero-order valence-electron chi connectivity index (χ0n) is 11.3. The molecule has 0 aromatic carbocycles. The first-order valence-electron chi connectivity index (χ1n) is 6.49. The molecule has 0 aromatic rings. The summed E-state index contributed by atoms with van der Waals surface area (Å²) in [7, 11) is 0. The highest BCUT2D eigenvalue weighted by molar-refractivity contribution is 5.56. The molecule has 0 radical (unpaired) electrons. The maximum Gasteiger partial charge on any atom is 0.505 e. The summed E-state index contributed by atoms with van der Waals surface area (Å²) in [5.41, 5.74) is 1.40. The van der Waals surface area contributed by atoms with Crippen molar-refractivity contribution in [3.05, 3.63) is 11.6 Å². The van der Waals surface area contributed by atoms with Crippen molar-refractivity contribution in [2.45, 2.75) is 40.5 Å². The Morgan fingerprint density at radius 2 is 2.24 bits per heavy atom. The smallest absolute Gasteiger partial charge is 0.450 e. The highest BCUT2D eigenvalue weighted by atomic mass is 16.7. The van der Waals surface area contributed by atoms with Crippen LogP contribution >= 0.6 is 0 Å². The summed E-state index contributed by atoms with van der Waals surface area (Å²) in [5.74, 6) is 2.09. The summed E-state index contributed by atoms with van der Waals surface area (Å²) in [5, 5.41) is 8.58. The molecule has 1 aliphatic carbocycles. The highest BCUT2D eigenvalue weighted by Crippen LogP contribution is 2.38. The van der Waals surface area contributed by atoms with E-state index in [9.17, 15) is 4.79 Å². The van der Waals surface area contributed by atoms with Crippen molar-refractivity contribution in [3.8, 4) is 0 Å². The number of allylic oxidation sites excluding steroid dienone is 2. The Bertz CT molecular complexity index is 296. The third-order valence-corrected chi connectivity index (χ3v) is 4.15. The molecule has 17 heavy (non-hydrogen) atoms. The van der Waals surface area contributed by atoms with Crippen molar-refractivity contribution < 1.29 is 14.6 Å². The van der Waals surface area contributed by atoms with Crippen LogP contribution in [0.2, 0.25) is 0 Å². The molecule has 3 heteroatoms. The first-order chi connectivity index (χ1) is 7.95. The topological polar surface area (TPSA) is 46.5 Å². The van der Waals surface area contributed by atoms with E-state index in [1.807, 2.05) is 0 Å². The fraction of sp³-hybridized carbons (Fsp3) is 0.786. The van der Waals surface area contributed by atoms with Crippen LogP contribution in [0.5, 0.6) is 0 Å². The fourth-order valence-corrected chi connectivity index (χ4v) is 2.76. The Morgan fingerprint density at radius 1 is 1.59 bits per heavy atom. The van der Waals surface area contributed by atoms with Gasteiger partial charge in [0.05, 0.1) is 6.61 Å². The molecule has 3 nitrogen and oxygen atoms in total. The Morgan fingerprint density at radius 3 is 2.76 bits per heavy atom. The van der Waals surface area contributed by atoms with Gasteiger partial charge in [-0.05, 0) is 43.4 Å². The molecule has 1 aliphatic rings. The SMILES string of the molecule is CCC(COC(=O)O)C1CC(C)C(C)C=C1C. The molecule has 0 aliphatic heterocycles. The van der Waals surface area contributed by atoms with Gasteiger partial charge in [0.1, 0.15) is 0 Å². The Kier molecular flexibility index (Phi) is 5.03.